The highest BCUT2D eigenvalue weighted by Crippen LogP contribution is 2.35. The third kappa shape index (κ3) is 4.16. The SMILES string of the molecule is C[C@H]1CN(C(=O)OC(C)(C)C)CCN1c1cccc2c(C3CCC(=O)NC3=O)nn(C)c12. The molecule has 2 aromatic rings. The number of piperazine rings is 1. The first kappa shape index (κ1) is 22.1. The molecule has 172 valence electrons. The van der Waals surface area contributed by atoms with E-state index >= 15 is 0 Å². The van der Waals surface area contributed by atoms with Crippen molar-refractivity contribution in [2.45, 2.75) is 58.1 Å². The number of imide groups is 1. The molecule has 9 heteroatoms. The Morgan fingerprint density at radius 1 is 1.22 bits per heavy atom. The van der Waals surface area contributed by atoms with Gasteiger partial charge in [0.15, 0.2) is 0 Å². The van der Waals surface area contributed by atoms with Crippen LogP contribution < -0.4 is 10.2 Å². The first-order chi connectivity index (χ1) is 15.0. The van der Waals surface area contributed by atoms with Gasteiger partial charge in [-0.3, -0.25) is 19.6 Å². The Morgan fingerprint density at radius 2 is 1.97 bits per heavy atom. The Labute approximate surface area is 187 Å². The smallest absolute Gasteiger partial charge is 0.410 e. The van der Waals surface area contributed by atoms with Crippen molar-refractivity contribution in [3.63, 3.8) is 0 Å². The van der Waals surface area contributed by atoms with Crippen LogP contribution in [0.25, 0.3) is 10.9 Å². The van der Waals surface area contributed by atoms with E-state index in [2.05, 4.69) is 28.3 Å². The zero-order valence-electron chi connectivity index (χ0n) is 19.3. The maximum absolute atomic E-state index is 12.5. The number of para-hydroxylation sites is 1. The molecule has 2 aliphatic rings. The average Bonchev–Trinajstić information content (AvgIpc) is 3.03. The van der Waals surface area contributed by atoms with Crippen molar-refractivity contribution in [1.29, 1.82) is 0 Å². The molecule has 0 saturated carbocycles. The van der Waals surface area contributed by atoms with Gasteiger partial charge in [-0.2, -0.15) is 5.10 Å². The summed E-state index contributed by atoms with van der Waals surface area (Å²) in [7, 11) is 1.88. The highest BCUT2D eigenvalue weighted by atomic mass is 16.6. The van der Waals surface area contributed by atoms with E-state index in [0.29, 0.717) is 38.2 Å². The summed E-state index contributed by atoms with van der Waals surface area (Å²) in [6, 6.07) is 6.09. The van der Waals surface area contributed by atoms with Gasteiger partial charge >= 0.3 is 6.09 Å². The number of ether oxygens (including phenoxy) is 1. The van der Waals surface area contributed by atoms with E-state index in [1.54, 1.807) is 4.90 Å². The van der Waals surface area contributed by atoms with Crippen LogP contribution in [-0.4, -0.2) is 63.9 Å². The average molecular weight is 442 g/mol. The summed E-state index contributed by atoms with van der Waals surface area (Å²) in [6.45, 7) is 9.48. The van der Waals surface area contributed by atoms with Crippen molar-refractivity contribution in [1.82, 2.24) is 20.0 Å². The number of aromatic nitrogens is 2. The lowest BCUT2D eigenvalue weighted by atomic mass is 9.92. The number of nitrogens with zero attached hydrogens (tertiary/aromatic N) is 4. The molecule has 0 bridgehead atoms. The van der Waals surface area contributed by atoms with Gasteiger partial charge in [0, 0.05) is 44.5 Å². The predicted molar refractivity (Wildman–Crippen MR) is 120 cm³/mol. The van der Waals surface area contributed by atoms with Gasteiger partial charge in [0.1, 0.15) is 5.60 Å². The van der Waals surface area contributed by atoms with Gasteiger partial charge in [0.25, 0.3) is 0 Å². The van der Waals surface area contributed by atoms with Crippen LogP contribution in [0.1, 0.15) is 52.1 Å². The second-order valence-corrected chi connectivity index (χ2v) is 9.65. The van der Waals surface area contributed by atoms with E-state index in [0.717, 1.165) is 16.6 Å². The molecule has 1 aromatic heterocycles. The fourth-order valence-electron chi connectivity index (χ4n) is 4.60. The summed E-state index contributed by atoms with van der Waals surface area (Å²) in [5.41, 5.74) is 2.15. The molecular weight excluding hydrogens is 410 g/mol. The van der Waals surface area contributed by atoms with Crippen LogP contribution in [0.15, 0.2) is 18.2 Å². The summed E-state index contributed by atoms with van der Waals surface area (Å²) in [5.74, 6) is -0.956. The first-order valence-electron chi connectivity index (χ1n) is 11.1. The molecule has 3 heterocycles. The predicted octanol–water partition coefficient (Wildman–Crippen LogP) is 2.54. The maximum Gasteiger partial charge on any atom is 0.410 e. The fraction of sp³-hybridized carbons (Fsp3) is 0.565. The van der Waals surface area contributed by atoms with Gasteiger partial charge in [-0.05, 0) is 40.2 Å². The molecule has 32 heavy (non-hydrogen) atoms. The Hall–Kier alpha value is -3.10. The zero-order chi connectivity index (χ0) is 23.2. The Kier molecular flexibility index (Phi) is 5.60. The lowest BCUT2D eigenvalue weighted by molar-refractivity contribution is -0.134. The lowest BCUT2D eigenvalue weighted by Crippen LogP contribution is -2.54. The number of piperidine rings is 1. The number of hydrogen-bond acceptors (Lipinski definition) is 6. The molecule has 1 aromatic carbocycles. The second-order valence-electron chi connectivity index (χ2n) is 9.65. The number of rotatable bonds is 2. The molecule has 1 unspecified atom stereocenters. The van der Waals surface area contributed by atoms with Crippen molar-refractivity contribution in [2.24, 2.45) is 7.05 Å². The van der Waals surface area contributed by atoms with Crippen LogP contribution in [-0.2, 0) is 21.4 Å². The third-order valence-corrected chi connectivity index (χ3v) is 6.03. The fourth-order valence-corrected chi connectivity index (χ4v) is 4.60. The summed E-state index contributed by atoms with van der Waals surface area (Å²) < 4.78 is 7.35. The van der Waals surface area contributed by atoms with Crippen molar-refractivity contribution >= 4 is 34.5 Å². The Bertz CT molecular complexity index is 1070. The van der Waals surface area contributed by atoms with Gasteiger partial charge in [-0.25, -0.2) is 4.79 Å². The number of nitrogens with one attached hydrogen (secondary N) is 1. The van der Waals surface area contributed by atoms with Crippen LogP contribution in [0, 0.1) is 0 Å². The van der Waals surface area contributed by atoms with Gasteiger partial charge < -0.3 is 14.5 Å². The second kappa shape index (κ2) is 8.11. The van der Waals surface area contributed by atoms with Gasteiger partial charge in [0.2, 0.25) is 11.8 Å². The van der Waals surface area contributed by atoms with Crippen LogP contribution in [0.3, 0.4) is 0 Å². The molecule has 9 nitrogen and oxygen atoms in total. The van der Waals surface area contributed by atoms with Gasteiger partial charge in [0.05, 0.1) is 22.8 Å². The summed E-state index contributed by atoms with van der Waals surface area (Å²) in [6.07, 6.45) is 0.493. The normalized spacial score (nSPS) is 22.3. The molecule has 0 radical (unpaired) electrons. The molecule has 0 spiro atoms. The van der Waals surface area contributed by atoms with E-state index in [9.17, 15) is 14.4 Å². The first-order valence-corrected chi connectivity index (χ1v) is 11.1. The van der Waals surface area contributed by atoms with Crippen molar-refractivity contribution in [3.05, 3.63) is 23.9 Å². The minimum atomic E-state index is -0.524. The molecule has 4 rings (SSSR count). The van der Waals surface area contributed by atoms with E-state index in [1.807, 2.05) is 44.6 Å². The molecule has 2 saturated heterocycles. The number of fused-ring (bicyclic) bond motifs is 1. The maximum atomic E-state index is 12.5. The molecule has 1 N–H and O–H groups in total. The topological polar surface area (TPSA) is 96.8 Å². The number of aryl methyl sites for hydroxylation is 1. The minimum absolute atomic E-state index is 0.0795. The number of anilines is 1. The molecule has 0 aliphatic carbocycles. The quantitative estimate of drug-likeness (QED) is 0.720. The third-order valence-electron chi connectivity index (χ3n) is 6.03. The molecule has 2 aliphatic heterocycles. The van der Waals surface area contributed by atoms with E-state index in [1.165, 1.54) is 0 Å². The Morgan fingerprint density at radius 3 is 2.62 bits per heavy atom. The number of amides is 3. The van der Waals surface area contributed by atoms with Crippen LogP contribution in [0.2, 0.25) is 0 Å². The van der Waals surface area contributed by atoms with Crippen LogP contribution in [0.5, 0.6) is 0 Å². The number of carbonyl (C=O) groups excluding carboxylic acids is 3. The van der Waals surface area contributed by atoms with Crippen molar-refractivity contribution < 1.29 is 19.1 Å². The van der Waals surface area contributed by atoms with E-state index in [4.69, 9.17) is 4.74 Å². The molecule has 2 atom stereocenters. The standard InChI is InChI=1S/C23H31N5O4/c1-14-13-27(22(31)32-23(2,3)4)11-12-28(14)17-8-6-7-15-19(25-26(5)20(15)17)16-9-10-18(29)24-21(16)30/h6-8,14,16H,9-13H2,1-5H3,(H,24,29,30)/t14-,16?/m0/s1. The largest absolute Gasteiger partial charge is 0.444 e. The summed E-state index contributed by atoms with van der Waals surface area (Å²) in [4.78, 5) is 40.6. The van der Waals surface area contributed by atoms with Crippen molar-refractivity contribution in [3.8, 4) is 0 Å². The van der Waals surface area contributed by atoms with Gasteiger partial charge in [-0.1, -0.05) is 12.1 Å². The molecular formula is C23H31N5O4. The van der Waals surface area contributed by atoms with Gasteiger partial charge in [-0.15, -0.1) is 0 Å². The molecule has 2 fully saturated rings. The zero-order valence-corrected chi connectivity index (χ0v) is 19.3. The van der Waals surface area contributed by atoms with Crippen LogP contribution >= 0.6 is 0 Å². The molecule has 3 amide bonds. The highest BCUT2D eigenvalue weighted by molar-refractivity contribution is 6.03. The van der Waals surface area contributed by atoms with Crippen LogP contribution in [0.4, 0.5) is 10.5 Å². The number of hydrogen-bond donors (Lipinski definition) is 1. The Balaban J connectivity index is 1.61. The monoisotopic (exact) mass is 441 g/mol. The highest BCUT2D eigenvalue weighted by Gasteiger charge is 2.34. The summed E-state index contributed by atoms with van der Waals surface area (Å²) >= 11 is 0. The number of benzene rings is 1. The lowest BCUT2D eigenvalue weighted by Gasteiger charge is -2.41. The number of carbonyl (C=O) groups is 3. The summed E-state index contributed by atoms with van der Waals surface area (Å²) in [5, 5.41) is 8.04. The minimum Gasteiger partial charge on any atom is -0.444 e. The van der Waals surface area contributed by atoms with E-state index in [-0.39, 0.29) is 23.9 Å². The van der Waals surface area contributed by atoms with Crippen molar-refractivity contribution in [2.75, 3.05) is 24.5 Å². The van der Waals surface area contributed by atoms with E-state index < -0.39 is 11.5 Å².